The van der Waals surface area contributed by atoms with Crippen LogP contribution in [0, 0.1) is 6.92 Å². The Hall–Kier alpha value is -2.38. The lowest BCUT2D eigenvalue weighted by atomic mass is 10.3. The Kier molecular flexibility index (Phi) is 4.02. The molecule has 0 radical (unpaired) electrons. The first-order chi connectivity index (χ1) is 9.49. The van der Waals surface area contributed by atoms with Crippen molar-refractivity contribution in [3.8, 4) is 0 Å². The van der Waals surface area contributed by atoms with E-state index >= 15 is 0 Å². The van der Waals surface area contributed by atoms with Crippen LogP contribution >= 0.6 is 0 Å². The van der Waals surface area contributed by atoms with E-state index in [0.717, 1.165) is 5.76 Å². The summed E-state index contributed by atoms with van der Waals surface area (Å²) in [7, 11) is 5.51. The first-order valence-corrected chi connectivity index (χ1v) is 6.29. The predicted molar refractivity (Wildman–Crippen MR) is 77.0 cm³/mol. The van der Waals surface area contributed by atoms with E-state index in [9.17, 15) is 0 Å². The topological polar surface area (TPSA) is 92.0 Å². The summed E-state index contributed by atoms with van der Waals surface area (Å²) in [6.07, 6.45) is 1.69. The highest BCUT2D eigenvalue weighted by Gasteiger charge is 2.14. The number of nitrogens with zero attached hydrogens (tertiary/aromatic N) is 5. The Balaban J connectivity index is 2.21. The number of rotatable bonds is 5. The third-order valence-corrected chi connectivity index (χ3v) is 2.60. The van der Waals surface area contributed by atoms with Gasteiger partial charge in [-0.2, -0.15) is 15.0 Å². The van der Waals surface area contributed by atoms with Crippen molar-refractivity contribution in [3.05, 3.63) is 17.8 Å². The van der Waals surface area contributed by atoms with Crippen LogP contribution in [0.25, 0.3) is 0 Å². The van der Waals surface area contributed by atoms with Gasteiger partial charge in [0.15, 0.2) is 0 Å². The van der Waals surface area contributed by atoms with Crippen molar-refractivity contribution in [2.75, 3.05) is 36.7 Å². The van der Waals surface area contributed by atoms with Crippen molar-refractivity contribution in [3.63, 3.8) is 0 Å². The lowest BCUT2D eigenvalue weighted by Gasteiger charge is -2.15. The lowest BCUT2D eigenvalue weighted by Crippen LogP contribution is -2.17. The van der Waals surface area contributed by atoms with E-state index < -0.39 is 0 Å². The average Bonchev–Trinajstić information content (AvgIpc) is 2.85. The van der Waals surface area contributed by atoms with Crippen LogP contribution in [0.3, 0.4) is 0 Å². The van der Waals surface area contributed by atoms with Crippen LogP contribution in [-0.4, -0.2) is 41.1 Å². The van der Waals surface area contributed by atoms with Gasteiger partial charge < -0.3 is 20.0 Å². The summed E-state index contributed by atoms with van der Waals surface area (Å²) in [6.45, 7) is 3.79. The lowest BCUT2D eigenvalue weighted by molar-refractivity contribution is 0.453. The highest BCUT2D eigenvalue weighted by atomic mass is 16.4. The molecule has 0 bridgehead atoms. The van der Waals surface area contributed by atoms with E-state index in [4.69, 9.17) is 4.42 Å². The SMILES string of the molecule is CNc1nc(NC(C)c2ncc(C)o2)nc(N(C)C)n1. The Morgan fingerprint density at radius 2 is 1.90 bits per heavy atom. The van der Waals surface area contributed by atoms with Gasteiger partial charge in [-0.1, -0.05) is 0 Å². The number of oxazole rings is 1. The van der Waals surface area contributed by atoms with Crippen molar-refractivity contribution >= 4 is 17.8 Å². The second-order valence-electron chi connectivity index (χ2n) is 4.60. The molecule has 108 valence electrons. The minimum atomic E-state index is -0.134. The summed E-state index contributed by atoms with van der Waals surface area (Å²) >= 11 is 0. The molecule has 0 aliphatic carbocycles. The fourth-order valence-corrected chi connectivity index (χ4v) is 1.57. The Labute approximate surface area is 117 Å². The number of hydrogen-bond acceptors (Lipinski definition) is 8. The fourth-order valence-electron chi connectivity index (χ4n) is 1.57. The molecule has 8 nitrogen and oxygen atoms in total. The van der Waals surface area contributed by atoms with E-state index in [-0.39, 0.29) is 6.04 Å². The molecule has 0 aromatic carbocycles. The molecule has 0 saturated heterocycles. The standard InChI is InChI=1S/C12H19N7O/c1-7-6-14-9(20-7)8(2)15-11-16-10(13-3)17-12(18-11)19(4)5/h6,8H,1-5H3,(H2,13,15,16,17,18). The van der Waals surface area contributed by atoms with E-state index in [1.807, 2.05) is 32.8 Å². The van der Waals surface area contributed by atoms with Gasteiger partial charge in [0.05, 0.1) is 6.20 Å². The fraction of sp³-hybridized carbons (Fsp3) is 0.500. The quantitative estimate of drug-likeness (QED) is 0.848. The molecule has 1 atom stereocenters. The predicted octanol–water partition coefficient (Wildman–Crippen LogP) is 1.45. The van der Waals surface area contributed by atoms with Gasteiger partial charge in [-0.05, 0) is 13.8 Å². The summed E-state index contributed by atoms with van der Waals surface area (Å²) < 4.78 is 5.48. The van der Waals surface area contributed by atoms with Gasteiger partial charge in [0, 0.05) is 21.1 Å². The van der Waals surface area contributed by atoms with Crippen LogP contribution in [0.4, 0.5) is 17.8 Å². The molecule has 2 heterocycles. The molecule has 0 fully saturated rings. The first kappa shape index (κ1) is 14.0. The second kappa shape index (κ2) is 5.72. The molecule has 2 aromatic heterocycles. The number of nitrogens with one attached hydrogen (secondary N) is 2. The molecule has 2 aromatic rings. The molecule has 0 saturated carbocycles. The van der Waals surface area contributed by atoms with Crippen molar-refractivity contribution in [1.82, 2.24) is 19.9 Å². The normalized spacial score (nSPS) is 12.1. The summed E-state index contributed by atoms with van der Waals surface area (Å²) in [5.74, 6) is 2.91. The third kappa shape index (κ3) is 3.14. The van der Waals surface area contributed by atoms with Crippen LogP contribution in [-0.2, 0) is 0 Å². The van der Waals surface area contributed by atoms with Crippen LogP contribution in [0.15, 0.2) is 10.6 Å². The summed E-state index contributed by atoms with van der Waals surface area (Å²) in [6, 6.07) is -0.134. The zero-order chi connectivity index (χ0) is 14.7. The van der Waals surface area contributed by atoms with Crippen LogP contribution < -0.4 is 15.5 Å². The van der Waals surface area contributed by atoms with Crippen molar-refractivity contribution in [2.24, 2.45) is 0 Å². The van der Waals surface area contributed by atoms with Gasteiger partial charge >= 0.3 is 0 Å². The summed E-state index contributed by atoms with van der Waals surface area (Å²) in [5.41, 5.74) is 0. The maximum absolute atomic E-state index is 5.48. The summed E-state index contributed by atoms with van der Waals surface area (Å²) in [5, 5.41) is 6.07. The molecular weight excluding hydrogens is 258 g/mol. The highest BCUT2D eigenvalue weighted by Crippen LogP contribution is 2.18. The molecule has 20 heavy (non-hydrogen) atoms. The molecule has 0 aliphatic rings. The molecule has 2 rings (SSSR count). The van der Waals surface area contributed by atoms with E-state index in [2.05, 4.69) is 30.6 Å². The highest BCUT2D eigenvalue weighted by molar-refractivity contribution is 5.43. The van der Waals surface area contributed by atoms with E-state index in [1.165, 1.54) is 0 Å². The zero-order valence-corrected chi connectivity index (χ0v) is 12.3. The molecule has 0 spiro atoms. The van der Waals surface area contributed by atoms with Gasteiger partial charge in [-0.25, -0.2) is 4.98 Å². The minimum absolute atomic E-state index is 0.134. The van der Waals surface area contributed by atoms with E-state index in [1.54, 1.807) is 13.2 Å². The van der Waals surface area contributed by atoms with Gasteiger partial charge in [-0.3, -0.25) is 0 Å². The average molecular weight is 277 g/mol. The van der Waals surface area contributed by atoms with Gasteiger partial charge in [0.1, 0.15) is 11.8 Å². The minimum Gasteiger partial charge on any atom is -0.444 e. The molecule has 2 N–H and O–H groups in total. The number of aryl methyl sites for hydroxylation is 1. The number of anilines is 3. The maximum Gasteiger partial charge on any atom is 0.231 e. The molecule has 0 aliphatic heterocycles. The summed E-state index contributed by atoms with van der Waals surface area (Å²) in [4.78, 5) is 18.9. The first-order valence-electron chi connectivity index (χ1n) is 6.29. The van der Waals surface area contributed by atoms with Crippen molar-refractivity contribution < 1.29 is 4.42 Å². The molecule has 1 unspecified atom stereocenters. The van der Waals surface area contributed by atoms with Crippen LogP contribution in [0.2, 0.25) is 0 Å². The monoisotopic (exact) mass is 277 g/mol. The smallest absolute Gasteiger partial charge is 0.231 e. The number of hydrogen-bond donors (Lipinski definition) is 2. The van der Waals surface area contributed by atoms with Crippen LogP contribution in [0.1, 0.15) is 24.6 Å². The largest absolute Gasteiger partial charge is 0.444 e. The van der Waals surface area contributed by atoms with Crippen molar-refractivity contribution in [1.29, 1.82) is 0 Å². The van der Waals surface area contributed by atoms with Crippen molar-refractivity contribution in [2.45, 2.75) is 19.9 Å². The van der Waals surface area contributed by atoms with Gasteiger partial charge in [0.2, 0.25) is 23.7 Å². The Morgan fingerprint density at radius 1 is 1.20 bits per heavy atom. The van der Waals surface area contributed by atoms with Gasteiger partial charge in [0.25, 0.3) is 0 Å². The van der Waals surface area contributed by atoms with E-state index in [0.29, 0.717) is 23.7 Å². The van der Waals surface area contributed by atoms with Gasteiger partial charge in [-0.15, -0.1) is 0 Å². The molecule has 8 heteroatoms. The zero-order valence-electron chi connectivity index (χ0n) is 12.3. The second-order valence-corrected chi connectivity index (χ2v) is 4.60. The van der Waals surface area contributed by atoms with Crippen LogP contribution in [0.5, 0.6) is 0 Å². The Morgan fingerprint density at radius 3 is 2.45 bits per heavy atom. The maximum atomic E-state index is 5.48. The number of aromatic nitrogens is 4. The molecule has 0 amide bonds. The third-order valence-electron chi connectivity index (χ3n) is 2.60. The molecular formula is C12H19N7O. The Bertz CT molecular complexity index is 581.